The molecule has 25 heavy (non-hydrogen) atoms. The maximum Gasteiger partial charge on any atom is 0.234 e. The Morgan fingerprint density at radius 3 is 2.40 bits per heavy atom. The van der Waals surface area contributed by atoms with E-state index in [1.165, 1.54) is 17.3 Å². The molecule has 126 valence electrons. The predicted molar refractivity (Wildman–Crippen MR) is 103 cm³/mol. The second kappa shape index (κ2) is 7.94. The van der Waals surface area contributed by atoms with Crippen LogP contribution in [0.1, 0.15) is 11.1 Å². The monoisotopic (exact) mass is 349 g/mol. The Morgan fingerprint density at radius 2 is 1.72 bits per heavy atom. The maximum atomic E-state index is 12.1. The van der Waals surface area contributed by atoms with Crippen LogP contribution in [0.4, 0.5) is 5.69 Å². The Labute approximate surface area is 151 Å². The van der Waals surface area contributed by atoms with Gasteiger partial charge in [-0.05, 0) is 37.6 Å². The minimum absolute atomic E-state index is 0.0521. The van der Waals surface area contributed by atoms with Gasteiger partial charge in [0, 0.05) is 11.3 Å². The molecule has 2 aromatic carbocycles. The van der Waals surface area contributed by atoms with Gasteiger partial charge in [-0.25, -0.2) is 0 Å². The maximum absolute atomic E-state index is 12.1. The lowest BCUT2D eigenvalue weighted by Gasteiger charge is -2.07. The van der Waals surface area contributed by atoms with Gasteiger partial charge in [0.05, 0.1) is 11.4 Å². The molecule has 0 saturated carbocycles. The number of amides is 1. The van der Waals surface area contributed by atoms with Gasteiger partial charge in [-0.1, -0.05) is 59.8 Å². The number of anilines is 1. The van der Waals surface area contributed by atoms with Crippen LogP contribution >= 0.6 is 11.8 Å². The normalized spacial score (nSPS) is 10.5. The van der Waals surface area contributed by atoms with Crippen LogP contribution in [0, 0.1) is 13.8 Å². The average molecular weight is 349 g/mol. The first-order chi connectivity index (χ1) is 12.1. The van der Waals surface area contributed by atoms with Gasteiger partial charge in [0.25, 0.3) is 0 Å². The summed E-state index contributed by atoms with van der Waals surface area (Å²) in [5.41, 5.74) is 4.96. The van der Waals surface area contributed by atoms with Gasteiger partial charge in [0.1, 0.15) is 5.03 Å². The summed E-state index contributed by atoms with van der Waals surface area (Å²) in [6.45, 7) is 4.02. The number of hydrogen-bond donors (Lipinski definition) is 1. The molecule has 0 aliphatic heterocycles. The van der Waals surface area contributed by atoms with Crippen LogP contribution in [-0.4, -0.2) is 21.9 Å². The molecule has 4 nitrogen and oxygen atoms in total. The quantitative estimate of drug-likeness (QED) is 0.690. The summed E-state index contributed by atoms with van der Waals surface area (Å²) >= 11 is 1.37. The molecule has 1 N–H and O–H groups in total. The fraction of sp³-hybridized carbons (Fsp3) is 0.150. The molecule has 0 saturated heterocycles. The Balaban J connectivity index is 1.57. The zero-order valence-corrected chi connectivity index (χ0v) is 15.0. The predicted octanol–water partition coefficient (Wildman–Crippen LogP) is 4.49. The number of hydrogen-bond acceptors (Lipinski definition) is 4. The summed E-state index contributed by atoms with van der Waals surface area (Å²) < 4.78 is 0. The number of rotatable bonds is 5. The number of aromatic nitrogens is 2. The van der Waals surface area contributed by atoms with Crippen LogP contribution in [0.2, 0.25) is 0 Å². The summed E-state index contributed by atoms with van der Waals surface area (Å²) in [6.07, 6.45) is 0. The van der Waals surface area contributed by atoms with E-state index in [1.54, 1.807) is 0 Å². The van der Waals surface area contributed by atoms with Crippen molar-refractivity contribution in [1.29, 1.82) is 0 Å². The molecule has 0 aliphatic carbocycles. The van der Waals surface area contributed by atoms with Crippen LogP contribution in [0.5, 0.6) is 0 Å². The van der Waals surface area contributed by atoms with Gasteiger partial charge in [0.2, 0.25) is 5.91 Å². The van der Waals surface area contributed by atoms with Crippen LogP contribution in [-0.2, 0) is 4.79 Å². The molecule has 3 aromatic rings. The number of nitrogens with zero attached hydrogens (tertiary/aromatic N) is 2. The largest absolute Gasteiger partial charge is 0.325 e. The second-order valence-electron chi connectivity index (χ2n) is 5.77. The van der Waals surface area contributed by atoms with Crippen molar-refractivity contribution in [2.75, 3.05) is 11.1 Å². The molecule has 0 bridgehead atoms. The molecule has 3 rings (SSSR count). The third-order valence-electron chi connectivity index (χ3n) is 3.76. The molecule has 5 heteroatoms. The highest BCUT2D eigenvalue weighted by molar-refractivity contribution is 7.99. The number of benzene rings is 2. The van der Waals surface area contributed by atoms with Crippen molar-refractivity contribution in [2.24, 2.45) is 0 Å². The first-order valence-corrected chi connectivity index (χ1v) is 8.99. The molecular formula is C20H19N3OS. The Bertz CT molecular complexity index is 861. The zero-order chi connectivity index (χ0) is 17.6. The lowest BCUT2D eigenvalue weighted by Crippen LogP contribution is -2.14. The van der Waals surface area contributed by atoms with Crippen molar-refractivity contribution >= 4 is 23.4 Å². The van der Waals surface area contributed by atoms with Crippen molar-refractivity contribution in [1.82, 2.24) is 10.2 Å². The Morgan fingerprint density at radius 1 is 0.960 bits per heavy atom. The SMILES string of the molecule is Cc1ccc(-c2ccc(SCC(=O)Nc3ccccc3C)nn2)cc1. The van der Waals surface area contributed by atoms with Gasteiger partial charge < -0.3 is 5.32 Å². The van der Waals surface area contributed by atoms with Gasteiger partial charge >= 0.3 is 0 Å². The average Bonchev–Trinajstić information content (AvgIpc) is 2.63. The van der Waals surface area contributed by atoms with Gasteiger partial charge in [-0.2, -0.15) is 0 Å². The van der Waals surface area contributed by atoms with Gasteiger partial charge in [0.15, 0.2) is 0 Å². The molecule has 0 unspecified atom stereocenters. The topological polar surface area (TPSA) is 54.9 Å². The number of carbonyl (C=O) groups is 1. The second-order valence-corrected chi connectivity index (χ2v) is 6.77. The lowest BCUT2D eigenvalue weighted by atomic mass is 10.1. The number of para-hydroxylation sites is 1. The number of carbonyl (C=O) groups excluding carboxylic acids is 1. The third kappa shape index (κ3) is 4.67. The number of aryl methyl sites for hydroxylation is 2. The van der Waals surface area contributed by atoms with Crippen LogP contribution in [0.25, 0.3) is 11.3 Å². The van der Waals surface area contributed by atoms with E-state index in [2.05, 4.69) is 34.6 Å². The highest BCUT2D eigenvalue weighted by Gasteiger charge is 2.07. The van der Waals surface area contributed by atoms with Crippen molar-refractivity contribution in [3.05, 3.63) is 71.8 Å². The minimum Gasteiger partial charge on any atom is -0.325 e. The van der Waals surface area contributed by atoms with Crippen molar-refractivity contribution in [3.63, 3.8) is 0 Å². The molecule has 0 spiro atoms. The van der Waals surface area contributed by atoms with Crippen molar-refractivity contribution in [3.8, 4) is 11.3 Å². The van der Waals surface area contributed by atoms with Crippen LogP contribution in [0.15, 0.2) is 65.7 Å². The number of nitrogens with one attached hydrogen (secondary N) is 1. The van der Waals surface area contributed by atoms with E-state index in [0.717, 1.165) is 27.5 Å². The first kappa shape index (κ1) is 17.2. The fourth-order valence-electron chi connectivity index (χ4n) is 2.31. The third-order valence-corrected chi connectivity index (χ3v) is 4.68. The molecule has 0 radical (unpaired) electrons. The Kier molecular flexibility index (Phi) is 5.46. The summed E-state index contributed by atoms with van der Waals surface area (Å²) in [6, 6.07) is 19.7. The van der Waals surface area contributed by atoms with Crippen LogP contribution in [0.3, 0.4) is 0 Å². The van der Waals surface area contributed by atoms with E-state index < -0.39 is 0 Å². The molecule has 0 fully saturated rings. The lowest BCUT2D eigenvalue weighted by molar-refractivity contribution is -0.113. The van der Waals surface area contributed by atoms with E-state index in [9.17, 15) is 4.79 Å². The molecule has 1 heterocycles. The smallest absolute Gasteiger partial charge is 0.234 e. The fourth-order valence-corrected chi connectivity index (χ4v) is 2.93. The summed E-state index contributed by atoms with van der Waals surface area (Å²) in [5, 5.41) is 12.1. The summed E-state index contributed by atoms with van der Waals surface area (Å²) in [7, 11) is 0. The highest BCUT2D eigenvalue weighted by atomic mass is 32.2. The van der Waals surface area contributed by atoms with Crippen molar-refractivity contribution in [2.45, 2.75) is 18.9 Å². The van der Waals surface area contributed by atoms with E-state index in [-0.39, 0.29) is 5.91 Å². The van der Waals surface area contributed by atoms with E-state index >= 15 is 0 Å². The summed E-state index contributed by atoms with van der Waals surface area (Å²) in [5.74, 6) is 0.246. The molecule has 0 aliphatic rings. The van der Waals surface area contributed by atoms with E-state index in [0.29, 0.717) is 5.75 Å². The molecule has 1 aromatic heterocycles. The standard InChI is InChI=1S/C20H19N3OS/c1-14-7-9-16(10-8-14)18-11-12-20(23-22-18)25-13-19(24)21-17-6-4-3-5-15(17)2/h3-12H,13H2,1-2H3,(H,21,24). The zero-order valence-electron chi connectivity index (χ0n) is 14.2. The van der Waals surface area contributed by atoms with Gasteiger partial charge in [-0.15, -0.1) is 10.2 Å². The molecule has 0 atom stereocenters. The Hall–Kier alpha value is -2.66. The van der Waals surface area contributed by atoms with E-state index in [4.69, 9.17) is 0 Å². The molecular weight excluding hydrogens is 330 g/mol. The number of thioether (sulfide) groups is 1. The van der Waals surface area contributed by atoms with Crippen LogP contribution < -0.4 is 5.32 Å². The summed E-state index contributed by atoms with van der Waals surface area (Å²) in [4.78, 5) is 12.1. The van der Waals surface area contributed by atoms with Crippen molar-refractivity contribution < 1.29 is 4.79 Å². The first-order valence-electron chi connectivity index (χ1n) is 8.01. The molecule has 1 amide bonds. The highest BCUT2D eigenvalue weighted by Crippen LogP contribution is 2.21. The minimum atomic E-state index is -0.0521. The van der Waals surface area contributed by atoms with Gasteiger partial charge in [-0.3, -0.25) is 4.79 Å². The van der Waals surface area contributed by atoms with E-state index in [1.807, 2.05) is 55.5 Å².